The van der Waals surface area contributed by atoms with Crippen molar-refractivity contribution in [1.82, 2.24) is 19.6 Å². The van der Waals surface area contributed by atoms with Gasteiger partial charge < -0.3 is 15.1 Å². The minimum Gasteiger partial charge on any atom is -0.334 e. The third-order valence-electron chi connectivity index (χ3n) is 6.54. The van der Waals surface area contributed by atoms with Gasteiger partial charge in [-0.25, -0.2) is 0 Å². The predicted molar refractivity (Wildman–Crippen MR) is 133 cm³/mol. The third kappa shape index (κ3) is 4.30. The van der Waals surface area contributed by atoms with Gasteiger partial charge in [0.25, 0.3) is 11.8 Å². The Balaban J connectivity index is 1.41. The number of halogens is 1. The van der Waals surface area contributed by atoms with E-state index in [1.165, 1.54) is 0 Å². The number of nitrogens with zero attached hydrogens (tertiary/aromatic N) is 4. The van der Waals surface area contributed by atoms with Gasteiger partial charge in [0.05, 0.1) is 29.1 Å². The number of aromatic nitrogens is 2. The van der Waals surface area contributed by atoms with Crippen molar-refractivity contribution in [3.05, 3.63) is 70.5 Å². The maximum atomic E-state index is 13.5. The van der Waals surface area contributed by atoms with Crippen LogP contribution in [0.3, 0.4) is 0 Å². The van der Waals surface area contributed by atoms with Gasteiger partial charge in [0.2, 0.25) is 5.91 Å². The zero-order chi connectivity index (χ0) is 24.7. The molecule has 5 rings (SSSR count). The maximum Gasteiger partial charge on any atom is 0.257 e. The molecule has 3 heterocycles. The lowest BCUT2D eigenvalue weighted by molar-refractivity contribution is -0.121. The molecule has 0 spiro atoms. The number of hydrogen-bond donors (Lipinski definition) is 1. The number of carbonyl (C=O) groups excluding carboxylic acids is 3. The first kappa shape index (κ1) is 23.1. The Morgan fingerprint density at radius 3 is 2.60 bits per heavy atom. The Morgan fingerprint density at radius 2 is 1.86 bits per heavy atom. The molecule has 3 amide bonds. The molecule has 8 nitrogen and oxygen atoms in total. The number of carbonyl (C=O) groups is 3. The van der Waals surface area contributed by atoms with Crippen LogP contribution in [0.15, 0.2) is 48.7 Å². The Bertz CT molecular complexity index is 1320. The van der Waals surface area contributed by atoms with Crippen molar-refractivity contribution in [1.29, 1.82) is 0 Å². The van der Waals surface area contributed by atoms with Crippen molar-refractivity contribution in [2.75, 3.05) is 25.0 Å². The van der Waals surface area contributed by atoms with Gasteiger partial charge in [-0.1, -0.05) is 43.1 Å². The van der Waals surface area contributed by atoms with Gasteiger partial charge in [0.15, 0.2) is 0 Å². The minimum absolute atomic E-state index is 0.134. The lowest BCUT2D eigenvalue weighted by atomic mass is 10.0. The van der Waals surface area contributed by atoms with Crippen molar-refractivity contribution in [3.8, 4) is 11.1 Å². The summed E-state index contributed by atoms with van der Waals surface area (Å²) in [4.78, 5) is 43.2. The molecule has 2 aliphatic rings. The van der Waals surface area contributed by atoms with E-state index in [9.17, 15) is 14.4 Å². The summed E-state index contributed by atoms with van der Waals surface area (Å²) in [5.74, 6) is -0.679. The van der Waals surface area contributed by atoms with E-state index in [4.69, 9.17) is 11.6 Å². The number of amides is 3. The van der Waals surface area contributed by atoms with Gasteiger partial charge in [0.1, 0.15) is 6.04 Å². The molecule has 35 heavy (non-hydrogen) atoms. The fourth-order valence-electron chi connectivity index (χ4n) is 4.76. The summed E-state index contributed by atoms with van der Waals surface area (Å²) in [6.07, 6.45) is 3.31. The Labute approximate surface area is 208 Å². The van der Waals surface area contributed by atoms with E-state index >= 15 is 0 Å². The average molecular weight is 492 g/mol. The number of nitrogens with one attached hydrogen (secondary N) is 1. The first-order valence-electron chi connectivity index (χ1n) is 11.7. The molecular weight excluding hydrogens is 466 g/mol. The summed E-state index contributed by atoms with van der Waals surface area (Å²) in [6.45, 7) is 2.80. The molecule has 0 radical (unpaired) electrons. The van der Waals surface area contributed by atoms with E-state index in [1.807, 2.05) is 25.1 Å². The third-order valence-corrected chi connectivity index (χ3v) is 6.79. The smallest absolute Gasteiger partial charge is 0.257 e. The highest BCUT2D eigenvalue weighted by molar-refractivity contribution is 6.30. The highest BCUT2D eigenvalue weighted by atomic mass is 35.5. The number of anilines is 1. The topological polar surface area (TPSA) is 87.5 Å². The molecule has 3 aromatic rings. The highest BCUT2D eigenvalue weighted by Gasteiger charge is 2.41. The molecule has 1 atom stereocenters. The number of hydrogen-bond acceptors (Lipinski definition) is 4. The van der Waals surface area contributed by atoms with E-state index in [1.54, 1.807) is 52.0 Å². The summed E-state index contributed by atoms with van der Waals surface area (Å²) < 4.78 is 1.64. The minimum atomic E-state index is -0.766. The molecular formula is C26H26ClN5O3. The number of aryl methyl sites for hydroxylation is 2. The zero-order valence-corrected chi connectivity index (χ0v) is 20.4. The van der Waals surface area contributed by atoms with Gasteiger partial charge in [-0.15, -0.1) is 0 Å². The second kappa shape index (κ2) is 9.19. The summed E-state index contributed by atoms with van der Waals surface area (Å²) >= 11 is 6.01. The monoisotopic (exact) mass is 491 g/mol. The van der Waals surface area contributed by atoms with Gasteiger partial charge in [-0.3, -0.25) is 19.1 Å². The van der Waals surface area contributed by atoms with E-state index in [2.05, 4.69) is 10.4 Å². The van der Waals surface area contributed by atoms with Crippen LogP contribution in [0.25, 0.3) is 11.1 Å². The second-order valence-electron chi connectivity index (χ2n) is 8.94. The van der Waals surface area contributed by atoms with Gasteiger partial charge in [-0.2, -0.15) is 5.10 Å². The van der Waals surface area contributed by atoms with E-state index in [0.29, 0.717) is 34.8 Å². The van der Waals surface area contributed by atoms with Crippen molar-refractivity contribution in [2.45, 2.75) is 25.8 Å². The lowest BCUT2D eigenvalue weighted by Gasteiger charge is -2.39. The summed E-state index contributed by atoms with van der Waals surface area (Å²) in [5.41, 5.74) is 4.00. The van der Waals surface area contributed by atoms with Gasteiger partial charge >= 0.3 is 0 Å². The fraction of sp³-hybridized carbons (Fsp3) is 0.308. The van der Waals surface area contributed by atoms with Crippen molar-refractivity contribution >= 4 is 35.0 Å². The SMILES string of the molecule is CCCc1nn(C)cc1C(=O)N1CCN2C(=O)c3cc(-c4ccc(Cl)cc4)ccc3NC(=O)C2C1. The second-order valence-corrected chi connectivity index (χ2v) is 9.37. The predicted octanol–water partition coefficient (Wildman–Crippen LogP) is 3.61. The molecule has 1 unspecified atom stereocenters. The van der Waals surface area contributed by atoms with Crippen LogP contribution in [0, 0.1) is 0 Å². The largest absolute Gasteiger partial charge is 0.334 e. The molecule has 9 heteroatoms. The van der Waals surface area contributed by atoms with Gasteiger partial charge in [-0.05, 0) is 41.8 Å². The standard InChI is InChI=1S/C26H26ClN5O3/c1-3-4-22-20(14-30(2)29-22)25(34)31-11-12-32-23(15-31)24(33)28-21-10-7-17(13-19(21)26(32)35)16-5-8-18(27)9-6-16/h5-10,13-14,23H,3-4,11-12,15H2,1-2H3,(H,28,33). The van der Waals surface area contributed by atoms with Gasteiger partial charge in [0, 0.05) is 31.4 Å². The highest BCUT2D eigenvalue weighted by Crippen LogP contribution is 2.31. The molecule has 1 fully saturated rings. The van der Waals surface area contributed by atoms with Crippen LogP contribution in [0.2, 0.25) is 5.02 Å². The van der Waals surface area contributed by atoms with Crippen LogP contribution in [-0.4, -0.2) is 63.0 Å². The molecule has 0 saturated carbocycles. The van der Waals surface area contributed by atoms with Crippen LogP contribution in [0.5, 0.6) is 0 Å². The number of fused-ring (bicyclic) bond motifs is 2. The fourth-order valence-corrected chi connectivity index (χ4v) is 4.89. The molecule has 1 N–H and O–H groups in total. The summed E-state index contributed by atoms with van der Waals surface area (Å²) in [6, 6.07) is 12.0. The van der Waals surface area contributed by atoms with Crippen molar-refractivity contribution in [2.24, 2.45) is 7.05 Å². The normalized spacial score (nSPS) is 17.5. The molecule has 180 valence electrons. The zero-order valence-electron chi connectivity index (χ0n) is 19.6. The summed E-state index contributed by atoms with van der Waals surface area (Å²) in [5, 5.41) is 7.96. The van der Waals surface area contributed by atoms with E-state index in [0.717, 1.165) is 23.2 Å². The molecule has 0 aliphatic carbocycles. The molecule has 2 aromatic carbocycles. The van der Waals surface area contributed by atoms with Crippen LogP contribution < -0.4 is 5.32 Å². The van der Waals surface area contributed by atoms with Crippen LogP contribution in [0.4, 0.5) is 5.69 Å². The van der Waals surface area contributed by atoms with Crippen LogP contribution >= 0.6 is 11.6 Å². The maximum absolute atomic E-state index is 13.5. The average Bonchev–Trinajstić information content (AvgIpc) is 3.19. The first-order chi connectivity index (χ1) is 16.9. The van der Waals surface area contributed by atoms with E-state index in [-0.39, 0.29) is 30.8 Å². The number of rotatable bonds is 4. The quantitative estimate of drug-likeness (QED) is 0.604. The first-order valence-corrected chi connectivity index (χ1v) is 12.1. The molecule has 1 saturated heterocycles. The van der Waals surface area contributed by atoms with Crippen molar-refractivity contribution in [3.63, 3.8) is 0 Å². The van der Waals surface area contributed by atoms with Crippen LogP contribution in [-0.2, 0) is 18.3 Å². The van der Waals surface area contributed by atoms with Crippen LogP contribution in [0.1, 0.15) is 39.8 Å². The number of benzene rings is 2. The number of piperazine rings is 1. The lowest BCUT2D eigenvalue weighted by Crippen LogP contribution is -2.59. The van der Waals surface area contributed by atoms with E-state index < -0.39 is 6.04 Å². The molecule has 2 aliphatic heterocycles. The Hall–Kier alpha value is -3.65. The van der Waals surface area contributed by atoms with Crippen molar-refractivity contribution < 1.29 is 14.4 Å². The summed E-state index contributed by atoms with van der Waals surface area (Å²) in [7, 11) is 1.79. The Kier molecular flexibility index (Phi) is 6.06. The Morgan fingerprint density at radius 1 is 1.11 bits per heavy atom. The molecule has 1 aromatic heterocycles. The molecule has 0 bridgehead atoms.